The zero-order valence-corrected chi connectivity index (χ0v) is 12.2. The zero-order chi connectivity index (χ0) is 14.4. The molecule has 0 saturated heterocycles. The van der Waals surface area contributed by atoms with Gasteiger partial charge in [0.25, 0.3) is 0 Å². The lowest BCUT2D eigenvalue weighted by atomic mass is 9.93. The molecule has 0 amide bonds. The molecule has 0 aromatic carbocycles. The van der Waals surface area contributed by atoms with Crippen LogP contribution in [0.5, 0.6) is 0 Å². The van der Waals surface area contributed by atoms with Crippen molar-refractivity contribution >= 4 is 23.1 Å². The van der Waals surface area contributed by atoms with E-state index < -0.39 is 0 Å². The van der Waals surface area contributed by atoms with Gasteiger partial charge in [0.2, 0.25) is 0 Å². The maximum absolute atomic E-state index is 9.32. The molecule has 1 aliphatic rings. The summed E-state index contributed by atoms with van der Waals surface area (Å²) in [4.78, 5) is 4.13. The van der Waals surface area contributed by atoms with Crippen LogP contribution in [0.15, 0.2) is 23.9 Å². The average molecular weight is 286 g/mol. The van der Waals surface area contributed by atoms with E-state index in [-0.39, 0.29) is 5.11 Å². The third-order valence-electron chi connectivity index (χ3n) is 3.49. The molecule has 4 nitrogen and oxygen atoms in total. The van der Waals surface area contributed by atoms with Gasteiger partial charge in [-0.1, -0.05) is 11.6 Å². The monoisotopic (exact) mass is 286 g/mol. The molecule has 1 heterocycles. The van der Waals surface area contributed by atoms with Crippen LogP contribution in [0.2, 0.25) is 0 Å². The average Bonchev–Trinajstić information content (AvgIpc) is 2.45. The molecule has 2 rings (SSSR count). The predicted molar refractivity (Wildman–Crippen MR) is 84.2 cm³/mol. The molecule has 0 spiro atoms. The Morgan fingerprint density at radius 2 is 2.30 bits per heavy atom. The van der Waals surface area contributed by atoms with Gasteiger partial charge in [-0.2, -0.15) is 5.26 Å². The van der Waals surface area contributed by atoms with Crippen LogP contribution in [0.4, 0.5) is 5.82 Å². The van der Waals surface area contributed by atoms with E-state index in [0.29, 0.717) is 11.4 Å². The number of allylic oxidation sites excluding steroid dienone is 2. The number of hydrogen-bond donors (Lipinski definition) is 2. The number of pyridine rings is 1. The lowest BCUT2D eigenvalue weighted by Crippen LogP contribution is -2.20. The summed E-state index contributed by atoms with van der Waals surface area (Å²) < 4.78 is 0. The standard InChI is InChI=1S/C15H18N4S/c16-10-13-12(7-6-11-4-2-1-3-5-11)8-9-18-14(13)19-15(17)20/h4,8-9H,1-3,5-7H2,(H3,17,18,19,20). The van der Waals surface area contributed by atoms with Crippen molar-refractivity contribution in [3.8, 4) is 6.07 Å². The fourth-order valence-corrected chi connectivity index (χ4v) is 2.57. The van der Waals surface area contributed by atoms with E-state index in [9.17, 15) is 5.26 Å². The van der Waals surface area contributed by atoms with Crippen LogP contribution in [-0.2, 0) is 6.42 Å². The van der Waals surface area contributed by atoms with Crippen LogP contribution in [0.3, 0.4) is 0 Å². The van der Waals surface area contributed by atoms with Crippen molar-refractivity contribution in [2.75, 3.05) is 5.32 Å². The Kier molecular flexibility index (Phi) is 5.08. The van der Waals surface area contributed by atoms with Crippen LogP contribution in [-0.4, -0.2) is 10.1 Å². The second-order valence-electron chi connectivity index (χ2n) is 4.90. The number of aromatic nitrogens is 1. The number of rotatable bonds is 4. The Hall–Kier alpha value is -1.93. The highest BCUT2D eigenvalue weighted by Gasteiger charge is 2.11. The summed E-state index contributed by atoms with van der Waals surface area (Å²) in [6.07, 6.45) is 10.8. The second kappa shape index (κ2) is 7.01. The van der Waals surface area contributed by atoms with Gasteiger partial charge in [0.15, 0.2) is 5.11 Å². The smallest absolute Gasteiger partial charge is 0.169 e. The summed E-state index contributed by atoms with van der Waals surface area (Å²) in [6.45, 7) is 0. The maximum Gasteiger partial charge on any atom is 0.169 e. The number of nitrogens with one attached hydrogen (secondary N) is 1. The van der Waals surface area contributed by atoms with E-state index in [4.69, 9.17) is 18.0 Å². The Balaban J connectivity index is 2.12. The van der Waals surface area contributed by atoms with Crippen LogP contribution in [0.25, 0.3) is 0 Å². The lowest BCUT2D eigenvalue weighted by molar-refractivity contribution is 0.673. The Bertz CT molecular complexity index is 572. The van der Waals surface area contributed by atoms with Crippen molar-refractivity contribution in [2.24, 2.45) is 5.73 Å². The first-order valence-corrected chi connectivity index (χ1v) is 7.24. The molecule has 20 heavy (non-hydrogen) atoms. The number of hydrogen-bond acceptors (Lipinski definition) is 3. The maximum atomic E-state index is 9.32. The highest BCUT2D eigenvalue weighted by molar-refractivity contribution is 7.80. The molecule has 0 atom stereocenters. The molecule has 1 aliphatic carbocycles. The molecule has 0 aliphatic heterocycles. The third-order valence-corrected chi connectivity index (χ3v) is 3.59. The molecule has 1 aromatic heterocycles. The summed E-state index contributed by atoms with van der Waals surface area (Å²) in [5.74, 6) is 0.454. The van der Waals surface area contributed by atoms with Crippen molar-refractivity contribution in [1.82, 2.24) is 4.98 Å². The molecule has 1 aromatic rings. The van der Waals surface area contributed by atoms with E-state index >= 15 is 0 Å². The molecule has 0 fully saturated rings. The normalized spacial score (nSPS) is 14.2. The highest BCUT2D eigenvalue weighted by atomic mass is 32.1. The van der Waals surface area contributed by atoms with E-state index in [0.717, 1.165) is 18.4 Å². The minimum absolute atomic E-state index is 0.126. The SMILES string of the molecule is N#Cc1c(CCC2=CCCCC2)ccnc1NC(N)=S. The van der Waals surface area contributed by atoms with Crippen molar-refractivity contribution in [3.63, 3.8) is 0 Å². The van der Waals surface area contributed by atoms with Gasteiger partial charge in [-0.15, -0.1) is 0 Å². The molecule has 0 bridgehead atoms. The number of nitrogens with two attached hydrogens (primary N) is 1. The summed E-state index contributed by atoms with van der Waals surface area (Å²) in [7, 11) is 0. The molecule has 104 valence electrons. The van der Waals surface area contributed by atoms with Gasteiger partial charge in [-0.25, -0.2) is 4.98 Å². The van der Waals surface area contributed by atoms with Gasteiger partial charge in [-0.3, -0.25) is 0 Å². The number of nitriles is 1. The van der Waals surface area contributed by atoms with E-state index in [2.05, 4.69) is 22.4 Å². The van der Waals surface area contributed by atoms with Gasteiger partial charge in [0, 0.05) is 6.20 Å². The number of thiocarbonyl (C=S) groups is 1. The Labute approximate surface area is 124 Å². The summed E-state index contributed by atoms with van der Waals surface area (Å²) in [6, 6.07) is 4.09. The van der Waals surface area contributed by atoms with Gasteiger partial charge in [0.05, 0.1) is 5.56 Å². The summed E-state index contributed by atoms with van der Waals surface area (Å²) >= 11 is 4.80. The summed E-state index contributed by atoms with van der Waals surface area (Å²) in [5.41, 5.74) is 8.48. The minimum Gasteiger partial charge on any atom is -0.376 e. The molecule has 0 unspecified atom stereocenters. The van der Waals surface area contributed by atoms with Crippen molar-refractivity contribution < 1.29 is 0 Å². The summed E-state index contributed by atoms with van der Waals surface area (Å²) in [5, 5.41) is 12.2. The van der Waals surface area contributed by atoms with Crippen LogP contribution < -0.4 is 11.1 Å². The van der Waals surface area contributed by atoms with Gasteiger partial charge >= 0.3 is 0 Å². The topological polar surface area (TPSA) is 74.7 Å². The van der Waals surface area contributed by atoms with Crippen molar-refractivity contribution in [2.45, 2.75) is 38.5 Å². The number of anilines is 1. The second-order valence-corrected chi connectivity index (χ2v) is 5.34. The van der Waals surface area contributed by atoms with Crippen LogP contribution in [0, 0.1) is 11.3 Å². The molecule has 5 heteroatoms. The first kappa shape index (κ1) is 14.5. The Morgan fingerprint density at radius 3 is 2.95 bits per heavy atom. The predicted octanol–water partition coefficient (Wildman–Crippen LogP) is 3.04. The van der Waals surface area contributed by atoms with Gasteiger partial charge in [-0.05, 0) is 62.4 Å². The van der Waals surface area contributed by atoms with E-state index in [1.54, 1.807) is 6.20 Å². The highest BCUT2D eigenvalue weighted by Crippen LogP contribution is 2.24. The van der Waals surface area contributed by atoms with Crippen molar-refractivity contribution in [1.29, 1.82) is 5.26 Å². The third kappa shape index (κ3) is 3.78. The van der Waals surface area contributed by atoms with E-state index in [1.807, 2.05) is 6.07 Å². The van der Waals surface area contributed by atoms with Gasteiger partial charge in [0.1, 0.15) is 11.9 Å². The minimum atomic E-state index is 0.126. The molecule has 3 N–H and O–H groups in total. The van der Waals surface area contributed by atoms with Crippen LogP contribution in [0.1, 0.15) is 43.2 Å². The molecular weight excluding hydrogens is 268 g/mol. The number of nitrogens with zero attached hydrogens (tertiary/aromatic N) is 2. The first-order chi connectivity index (χ1) is 9.70. The van der Waals surface area contributed by atoms with Crippen LogP contribution >= 0.6 is 12.2 Å². The molecule has 0 saturated carbocycles. The van der Waals surface area contributed by atoms with Gasteiger partial charge < -0.3 is 11.1 Å². The first-order valence-electron chi connectivity index (χ1n) is 6.83. The molecular formula is C15H18N4S. The Morgan fingerprint density at radius 1 is 1.45 bits per heavy atom. The molecule has 0 radical (unpaired) electrons. The van der Waals surface area contributed by atoms with Crippen molar-refractivity contribution in [3.05, 3.63) is 35.0 Å². The fourth-order valence-electron chi connectivity index (χ4n) is 2.47. The lowest BCUT2D eigenvalue weighted by Gasteiger charge is -2.14. The largest absolute Gasteiger partial charge is 0.376 e. The fraction of sp³-hybridized carbons (Fsp3) is 0.400. The van der Waals surface area contributed by atoms with E-state index in [1.165, 1.54) is 31.3 Å². The zero-order valence-electron chi connectivity index (χ0n) is 11.4. The number of aryl methyl sites for hydroxylation is 1. The quantitative estimate of drug-likeness (QED) is 0.657.